The zero-order valence-corrected chi connectivity index (χ0v) is 8.78. The Balaban J connectivity index is 2.75. The van der Waals surface area contributed by atoms with Crippen molar-refractivity contribution in [1.82, 2.24) is 0 Å². The lowest BCUT2D eigenvalue weighted by Gasteiger charge is -2.02. The van der Waals surface area contributed by atoms with Crippen LogP contribution in [0.15, 0.2) is 24.3 Å². The second kappa shape index (κ2) is 5.40. The van der Waals surface area contributed by atoms with Crippen LogP contribution < -0.4 is 0 Å². The first-order valence-electron chi connectivity index (χ1n) is 4.16. The van der Waals surface area contributed by atoms with Crippen LogP contribution in [0.4, 0.5) is 0 Å². The zero-order valence-electron chi connectivity index (χ0n) is 8.03. The molecule has 1 aromatic carbocycles. The third-order valence-corrected chi connectivity index (χ3v) is 1.93. The van der Waals surface area contributed by atoms with Crippen LogP contribution in [0.2, 0.25) is 5.02 Å². The summed E-state index contributed by atoms with van der Waals surface area (Å²) in [5.41, 5.74) is 0.579. The van der Waals surface area contributed by atoms with Gasteiger partial charge in [0.2, 0.25) is 0 Å². The molecule has 0 aliphatic carbocycles. The van der Waals surface area contributed by atoms with E-state index in [1.807, 2.05) is 0 Å². The number of halogens is 1. The first kappa shape index (κ1) is 11.6. The largest absolute Gasteiger partial charge is 0.459 e. The van der Waals surface area contributed by atoms with Crippen LogP contribution in [0.1, 0.15) is 11.7 Å². The molecule has 0 amide bonds. The molecular formula is C11H9ClO3. The first-order chi connectivity index (χ1) is 7.13. The van der Waals surface area contributed by atoms with Crippen molar-refractivity contribution >= 4 is 17.6 Å². The van der Waals surface area contributed by atoms with Gasteiger partial charge in [0.15, 0.2) is 0 Å². The highest BCUT2D eigenvalue weighted by molar-refractivity contribution is 6.30. The number of aliphatic hydroxyl groups excluding tert-OH is 1. The number of hydrogen-bond acceptors (Lipinski definition) is 3. The summed E-state index contributed by atoms with van der Waals surface area (Å²) in [4.78, 5) is 10.7. The van der Waals surface area contributed by atoms with Crippen LogP contribution in [0, 0.1) is 11.8 Å². The van der Waals surface area contributed by atoms with Crippen molar-refractivity contribution in [2.75, 3.05) is 7.11 Å². The Hall–Kier alpha value is -1.50. The van der Waals surface area contributed by atoms with Crippen molar-refractivity contribution in [3.8, 4) is 11.8 Å². The molecule has 0 heterocycles. The minimum absolute atomic E-state index is 0.576. The fourth-order valence-corrected chi connectivity index (χ4v) is 1.03. The topological polar surface area (TPSA) is 46.5 Å². The second-order valence-electron chi connectivity index (χ2n) is 2.72. The molecule has 0 aliphatic rings. The quantitative estimate of drug-likeness (QED) is 0.447. The van der Waals surface area contributed by atoms with Crippen LogP contribution in [-0.4, -0.2) is 18.2 Å². The van der Waals surface area contributed by atoms with E-state index in [0.717, 1.165) is 0 Å². The fourth-order valence-electron chi connectivity index (χ4n) is 0.907. The van der Waals surface area contributed by atoms with Crippen LogP contribution in [-0.2, 0) is 9.53 Å². The van der Waals surface area contributed by atoms with Crippen molar-refractivity contribution in [2.24, 2.45) is 0 Å². The van der Waals surface area contributed by atoms with E-state index in [9.17, 15) is 9.90 Å². The summed E-state index contributed by atoms with van der Waals surface area (Å²) in [6.07, 6.45) is -1.01. The molecule has 1 rings (SSSR count). The highest BCUT2D eigenvalue weighted by Gasteiger charge is 2.03. The molecule has 0 saturated carbocycles. The summed E-state index contributed by atoms with van der Waals surface area (Å²) in [6.45, 7) is 0. The number of hydrogen-bond donors (Lipinski definition) is 1. The highest BCUT2D eigenvalue weighted by Crippen LogP contribution is 2.15. The minimum atomic E-state index is -1.01. The normalized spacial score (nSPS) is 11.1. The van der Waals surface area contributed by atoms with E-state index in [0.29, 0.717) is 10.6 Å². The Kier molecular flexibility index (Phi) is 4.17. The number of benzene rings is 1. The number of rotatable bonds is 1. The predicted molar refractivity (Wildman–Crippen MR) is 56.2 cm³/mol. The Morgan fingerprint density at radius 3 is 2.60 bits per heavy atom. The Bertz CT molecular complexity index is 400. The average molecular weight is 225 g/mol. The summed E-state index contributed by atoms with van der Waals surface area (Å²) in [7, 11) is 1.23. The molecule has 15 heavy (non-hydrogen) atoms. The zero-order chi connectivity index (χ0) is 11.3. The summed E-state index contributed by atoms with van der Waals surface area (Å²) in [6, 6.07) is 6.55. The average Bonchev–Trinajstić information content (AvgIpc) is 2.26. The minimum Gasteiger partial charge on any atom is -0.459 e. The van der Waals surface area contributed by atoms with Crippen molar-refractivity contribution in [3.63, 3.8) is 0 Å². The van der Waals surface area contributed by atoms with E-state index in [1.54, 1.807) is 24.3 Å². The van der Waals surface area contributed by atoms with Gasteiger partial charge in [-0.15, -0.1) is 0 Å². The van der Waals surface area contributed by atoms with E-state index in [2.05, 4.69) is 16.6 Å². The van der Waals surface area contributed by atoms with Gasteiger partial charge < -0.3 is 9.84 Å². The van der Waals surface area contributed by atoms with Crippen LogP contribution in [0.25, 0.3) is 0 Å². The Labute approximate surface area is 92.6 Å². The molecule has 4 heteroatoms. The summed E-state index contributed by atoms with van der Waals surface area (Å²) < 4.78 is 4.31. The molecule has 1 aromatic rings. The molecule has 1 N–H and O–H groups in total. The maximum atomic E-state index is 10.7. The van der Waals surface area contributed by atoms with Gasteiger partial charge in [-0.2, -0.15) is 0 Å². The van der Waals surface area contributed by atoms with Gasteiger partial charge in [0.05, 0.1) is 7.11 Å². The molecule has 78 valence electrons. The van der Waals surface area contributed by atoms with E-state index in [4.69, 9.17) is 11.6 Å². The number of aliphatic hydroxyl groups is 1. The first-order valence-corrected chi connectivity index (χ1v) is 4.54. The highest BCUT2D eigenvalue weighted by atomic mass is 35.5. The van der Waals surface area contributed by atoms with Gasteiger partial charge in [0, 0.05) is 10.9 Å². The molecular weight excluding hydrogens is 216 g/mol. The molecule has 0 radical (unpaired) electrons. The molecule has 0 aromatic heterocycles. The molecule has 0 unspecified atom stereocenters. The lowest BCUT2D eigenvalue weighted by atomic mass is 10.1. The Morgan fingerprint density at radius 1 is 1.47 bits per heavy atom. The summed E-state index contributed by atoms with van der Waals surface area (Å²) in [5, 5.41) is 10.1. The van der Waals surface area contributed by atoms with Crippen LogP contribution in [0.3, 0.4) is 0 Å². The molecule has 3 nitrogen and oxygen atoms in total. The third-order valence-electron chi connectivity index (χ3n) is 1.68. The maximum Gasteiger partial charge on any atom is 0.384 e. The van der Waals surface area contributed by atoms with Gasteiger partial charge >= 0.3 is 5.97 Å². The number of ether oxygens (including phenoxy) is 1. The van der Waals surface area contributed by atoms with Crippen LogP contribution >= 0.6 is 11.6 Å². The standard InChI is InChI=1S/C11H9ClO3/c1-15-11(14)7-6-10(13)8-2-4-9(12)5-3-8/h2-5,10,13H,1H3/t10-/m0/s1. The molecule has 0 saturated heterocycles. The van der Waals surface area contributed by atoms with Crippen molar-refractivity contribution in [3.05, 3.63) is 34.9 Å². The summed E-state index contributed by atoms with van der Waals surface area (Å²) >= 11 is 5.67. The smallest absolute Gasteiger partial charge is 0.384 e. The van der Waals surface area contributed by atoms with Crippen molar-refractivity contribution < 1.29 is 14.6 Å². The number of carbonyl (C=O) groups is 1. The molecule has 0 spiro atoms. The molecule has 1 atom stereocenters. The summed E-state index contributed by atoms with van der Waals surface area (Å²) in [5.74, 6) is 3.83. The number of esters is 1. The van der Waals surface area contributed by atoms with E-state index in [1.165, 1.54) is 7.11 Å². The van der Waals surface area contributed by atoms with Gasteiger partial charge in [-0.1, -0.05) is 29.7 Å². The van der Waals surface area contributed by atoms with Gasteiger partial charge in [0.1, 0.15) is 6.10 Å². The Morgan fingerprint density at radius 2 is 2.07 bits per heavy atom. The number of carbonyl (C=O) groups excluding carboxylic acids is 1. The SMILES string of the molecule is COC(=O)C#C[C@H](O)c1ccc(Cl)cc1. The van der Waals surface area contributed by atoms with Gasteiger partial charge in [-0.3, -0.25) is 0 Å². The van der Waals surface area contributed by atoms with Gasteiger partial charge in [0.25, 0.3) is 0 Å². The number of methoxy groups -OCH3 is 1. The van der Waals surface area contributed by atoms with Crippen molar-refractivity contribution in [2.45, 2.75) is 6.10 Å². The van der Waals surface area contributed by atoms with Crippen LogP contribution in [0.5, 0.6) is 0 Å². The maximum absolute atomic E-state index is 10.7. The monoisotopic (exact) mass is 224 g/mol. The van der Waals surface area contributed by atoms with Crippen molar-refractivity contribution in [1.29, 1.82) is 0 Å². The fraction of sp³-hybridized carbons (Fsp3) is 0.182. The van der Waals surface area contributed by atoms with E-state index in [-0.39, 0.29) is 0 Å². The van der Waals surface area contributed by atoms with E-state index >= 15 is 0 Å². The van der Waals surface area contributed by atoms with Gasteiger partial charge in [-0.25, -0.2) is 4.79 Å². The van der Waals surface area contributed by atoms with E-state index < -0.39 is 12.1 Å². The second-order valence-corrected chi connectivity index (χ2v) is 3.15. The molecule has 0 aliphatic heterocycles. The molecule has 0 bridgehead atoms. The third kappa shape index (κ3) is 3.62. The predicted octanol–water partition coefficient (Wildman–Crippen LogP) is 1.55. The lowest BCUT2D eigenvalue weighted by molar-refractivity contribution is -0.133. The molecule has 0 fully saturated rings. The van der Waals surface area contributed by atoms with Gasteiger partial charge in [-0.05, 0) is 17.7 Å². The lowest BCUT2D eigenvalue weighted by Crippen LogP contribution is -1.98.